The molecule has 2 N–H and O–H groups in total. The lowest BCUT2D eigenvalue weighted by Gasteiger charge is -2.27. The number of aryl methyl sites for hydroxylation is 1. The summed E-state index contributed by atoms with van der Waals surface area (Å²) in [6.07, 6.45) is 1.76. The second-order valence-corrected chi connectivity index (χ2v) is 4.81. The van der Waals surface area contributed by atoms with Crippen molar-refractivity contribution in [3.63, 3.8) is 0 Å². The van der Waals surface area contributed by atoms with Gasteiger partial charge in [0.05, 0.1) is 5.60 Å². The van der Waals surface area contributed by atoms with E-state index in [1.807, 2.05) is 45.0 Å². The molecule has 16 heavy (non-hydrogen) atoms. The van der Waals surface area contributed by atoms with Gasteiger partial charge in [-0.2, -0.15) is 0 Å². The molecule has 0 amide bonds. The van der Waals surface area contributed by atoms with Gasteiger partial charge in [-0.25, -0.2) is 4.98 Å². The first-order valence-corrected chi connectivity index (χ1v) is 5.43. The first-order chi connectivity index (χ1) is 7.39. The molecule has 1 atom stereocenters. The normalized spacial score (nSPS) is 14.9. The highest BCUT2D eigenvalue weighted by Gasteiger charge is 2.20. The molecule has 0 bridgehead atoms. The van der Waals surface area contributed by atoms with Crippen LogP contribution in [0.1, 0.15) is 12.5 Å². The second kappa shape index (κ2) is 5.27. The Labute approximate surface area is 97.3 Å². The lowest BCUT2D eigenvalue weighted by atomic mass is 10.1. The maximum absolute atomic E-state index is 10.1. The van der Waals surface area contributed by atoms with Crippen molar-refractivity contribution < 1.29 is 5.11 Å². The molecule has 1 rings (SSSR count). The zero-order valence-corrected chi connectivity index (χ0v) is 10.5. The van der Waals surface area contributed by atoms with E-state index in [0.717, 1.165) is 11.4 Å². The van der Waals surface area contributed by atoms with Crippen molar-refractivity contribution in [2.75, 3.05) is 32.5 Å². The average molecular weight is 223 g/mol. The molecule has 0 aliphatic rings. The van der Waals surface area contributed by atoms with Crippen molar-refractivity contribution in [2.45, 2.75) is 19.4 Å². The highest BCUT2D eigenvalue weighted by atomic mass is 16.3. The van der Waals surface area contributed by atoms with E-state index in [4.69, 9.17) is 0 Å². The molecule has 0 saturated heterocycles. The van der Waals surface area contributed by atoms with Gasteiger partial charge in [0.25, 0.3) is 0 Å². The van der Waals surface area contributed by atoms with Crippen LogP contribution in [0.5, 0.6) is 0 Å². The Hall–Kier alpha value is -1.13. The summed E-state index contributed by atoms with van der Waals surface area (Å²) in [7, 11) is 3.89. The molecular weight excluding hydrogens is 202 g/mol. The zero-order valence-electron chi connectivity index (χ0n) is 10.5. The smallest absolute Gasteiger partial charge is 0.126 e. The summed E-state index contributed by atoms with van der Waals surface area (Å²) in [6, 6.07) is 3.91. The maximum atomic E-state index is 10.1. The Bertz CT molecular complexity index is 337. The van der Waals surface area contributed by atoms with E-state index in [1.165, 1.54) is 0 Å². The fourth-order valence-electron chi connectivity index (χ4n) is 1.65. The Morgan fingerprint density at radius 1 is 1.50 bits per heavy atom. The summed E-state index contributed by atoms with van der Waals surface area (Å²) in [6.45, 7) is 4.94. The molecule has 4 heteroatoms. The van der Waals surface area contributed by atoms with Crippen LogP contribution in [0, 0.1) is 6.92 Å². The Balaban J connectivity index is 2.50. The third-order valence-electron chi connectivity index (χ3n) is 2.22. The number of pyridine rings is 1. The van der Waals surface area contributed by atoms with Crippen molar-refractivity contribution >= 4 is 5.82 Å². The Morgan fingerprint density at radius 3 is 2.75 bits per heavy atom. The van der Waals surface area contributed by atoms with E-state index < -0.39 is 5.60 Å². The first kappa shape index (κ1) is 12.9. The first-order valence-electron chi connectivity index (χ1n) is 5.43. The molecule has 0 radical (unpaired) electrons. The van der Waals surface area contributed by atoms with E-state index in [0.29, 0.717) is 13.1 Å². The maximum Gasteiger partial charge on any atom is 0.126 e. The predicted octanol–water partition coefficient (Wildman–Crippen LogP) is 1.11. The molecule has 0 aromatic carbocycles. The highest BCUT2D eigenvalue weighted by Crippen LogP contribution is 2.09. The Kier molecular flexibility index (Phi) is 4.26. The van der Waals surface area contributed by atoms with Gasteiger partial charge in [0.15, 0.2) is 0 Å². The number of hydrogen-bond acceptors (Lipinski definition) is 4. The molecule has 1 heterocycles. The molecular formula is C12H21N3O. The minimum absolute atomic E-state index is 0.488. The third kappa shape index (κ3) is 4.59. The molecule has 90 valence electrons. The second-order valence-electron chi connectivity index (χ2n) is 4.81. The lowest BCUT2D eigenvalue weighted by Crippen LogP contribution is -2.43. The minimum atomic E-state index is -0.755. The molecule has 0 fully saturated rings. The molecule has 0 saturated carbocycles. The van der Waals surface area contributed by atoms with Crippen LogP contribution in [-0.4, -0.2) is 47.8 Å². The fourth-order valence-corrected chi connectivity index (χ4v) is 1.65. The molecule has 1 unspecified atom stereocenters. The lowest BCUT2D eigenvalue weighted by molar-refractivity contribution is 0.0459. The van der Waals surface area contributed by atoms with Crippen LogP contribution < -0.4 is 5.32 Å². The summed E-state index contributed by atoms with van der Waals surface area (Å²) < 4.78 is 0. The molecule has 0 aliphatic heterocycles. The largest absolute Gasteiger partial charge is 0.387 e. The van der Waals surface area contributed by atoms with Crippen LogP contribution in [0.3, 0.4) is 0 Å². The van der Waals surface area contributed by atoms with Gasteiger partial charge in [0.2, 0.25) is 0 Å². The van der Waals surface area contributed by atoms with E-state index in [2.05, 4.69) is 10.3 Å². The van der Waals surface area contributed by atoms with Crippen LogP contribution in [0.25, 0.3) is 0 Å². The van der Waals surface area contributed by atoms with E-state index >= 15 is 0 Å². The predicted molar refractivity (Wildman–Crippen MR) is 66.6 cm³/mol. The molecule has 4 nitrogen and oxygen atoms in total. The van der Waals surface area contributed by atoms with Crippen LogP contribution in [0.4, 0.5) is 5.82 Å². The summed E-state index contributed by atoms with van der Waals surface area (Å²) in [4.78, 5) is 6.15. The third-order valence-corrected chi connectivity index (χ3v) is 2.22. The summed E-state index contributed by atoms with van der Waals surface area (Å²) in [5, 5.41) is 13.2. The zero-order chi connectivity index (χ0) is 12.2. The number of aromatic nitrogens is 1. The van der Waals surface area contributed by atoms with Crippen molar-refractivity contribution in [1.82, 2.24) is 9.88 Å². The highest BCUT2D eigenvalue weighted by molar-refractivity contribution is 5.37. The average Bonchev–Trinajstić information content (AvgIpc) is 2.13. The summed E-state index contributed by atoms with van der Waals surface area (Å²) in [5.41, 5.74) is 0.402. The van der Waals surface area contributed by atoms with Gasteiger partial charge in [0.1, 0.15) is 5.82 Å². The van der Waals surface area contributed by atoms with Crippen molar-refractivity contribution in [3.05, 3.63) is 23.9 Å². The van der Waals surface area contributed by atoms with E-state index in [9.17, 15) is 5.11 Å². The SMILES string of the molecule is Cc1ccnc(NCC(C)(O)CN(C)C)c1. The number of nitrogens with zero attached hydrogens (tertiary/aromatic N) is 2. The molecule has 0 aliphatic carbocycles. The number of aliphatic hydroxyl groups is 1. The van der Waals surface area contributed by atoms with Gasteiger partial charge in [-0.05, 0) is 45.6 Å². The monoisotopic (exact) mass is 223 g/mol. The Morgan fingerprint density at radius 2 is 2.19 bits per heavy atom. The molecule has 1 aromatic heterocycles. The number of anilines is 1. The van der Waals surface area contributed by atoms with Gasteiger partial charge in [0, 0.05) is 19.3 Å². The van der Waals surface area contributed by atoms with Gasteiger partial charge >= 0.3 is 0 Å². The number of hydrogen-bond donors (Lipinski definition) is 2. The topological polar surface area (TPSA) is 48.4 Å². The summed E-state index contributed by atoms with van der Waals surface area (Å²) >= 11 is 0. The quantitative estimate of drug-likeness (QED) is 0.785. The van der Waals surface area contributed by atoms with Crippen molar-refractivity contribution in [1.29, 1.82) is 0 Å². The van der Waals surface area contributed by atoms with Crippen molar-refractivity contribution in [3.8, 4) is 0 Å². The van der Waals surface area contributed by atoms with E-state index in [-0.39, 0.29) is 0 Å². The van der Waals surface area contributed by atoms with Crippen LogP contribution in [0.2, 0.25) is 0 Å². The van der Waals surface area contributed by atoms with Gasteiger partial charge in [-0.1, -0.05) is 0 Å². The van der Waals surface area contributed by atoms with E-state index in [1.54, 1.807) is 6.20 Å². The van der Waals surface area contributed by atoms with Crippen molar-refractivity contribution in [2.24, 2.45) is 0 Å². The number of likely N-dealkylation sites (N-methyl/N-ethyl adjacent to an activating group) is 1. The van der Waals surface area contributed by atoms with Crippen LogP contribution >= 0.6 is 0 Å². The van der Waals surface area contributed by atoms with Crippen LogP contribution in [0.15, 0.2) is 18.3 Å². The summed E-state index contributed by atoms with van der Waals surface area (Å²) in [5.74, 6) is 0.805. The van der Waals surface area contributed by atoms with Gasteiger partial charge < -0.3 is 15.3 Å². The standard InChI is InChI=1S/C12H21N3O/c1-10-5-6-13-11(7-10)14-8-12(2,16)9-15(3)4/h5-7,16H,8-9H2,1-4H3,(H,13,14). The van der Waals surface area contributed by atoms with Gasteiger partial charge in [-0.15, -0.1) is 0 Å². The molecule has 0 spiro atoms. The molecule has 1 aromatic rings. The number of nitrogens with one attached hydrogen (secondary N) is 1. The van der Waals surface area contributed by atoms with Crippen LogP contribution in [-0.2, 0) is 0 Å². The minimum Gasteiger partial charge on any atom is -0.387 e. The fraction of sp³-hybridized carbons (Fsp3) is 0.583. The van der Waals surface area contributed by atoms with Gasteiger partial charge in [-0.3, -0.25) is 0 Å². The number of rotatable bonds is 5.